The predicted molar refractivity (Wildman–Crippen MR) is 69.6 cm³/mol. The first-order valence-corrected chi connectivity index (χ1v) is 6.36. The number of amides is 3. The molecule has 1 aromatic carbocycles. The fourth-order valence-electron chi connectivity index (χ4n) is 1.47. The van der Waals surface area contributed by atoms with Crippen molar-refractivity contribution in [1.82, 2.24) is 5.32 Å². The summed E-state index contributed by atoms with van der Waals surface area (Å²) in [6.07, 6.45) is 0. The van der Waals surface area contributed by atoms with Crippen LogP contribution in [0.3, 0.4) is 0 Å². The molecule has 98 valence electrons. The molecule has 2 atom stereocenters. The summed E-state index contributed by atoms with van der Waals surface area (Å²) in [7, 11) is 0. The number of urea groups is 1. The molecule has 0 aliphatic heterocycles. The lowest BCUT2D eigenvalue weighted by Crippen LogP contribution is -2.39. The number of primary amides is 1. The van der Waals surface area contributed by atoms with Gasteiger partial charge in [-0.2, -0.15) is 0 Å². The molecule has 0 saturated heterocycles. The van der Waals surface area contributed by atoms with Gasteiger partial charge in [0, 0.05) is 10.8 Å². The van der Waals surface area contributed by atoms with Gasteiger partial charge in [0.05, 0.1) is 5.25 Å². The van der Waals surface area contributed by atoms with Crippen LogP contribution in [0.5, 0.6) is 0 Å². The molecule has 0 aliphatic rings. The fourth-order valence-corrected chi connectivity index (χ4v) is 2.60. The van der Waals surface area contributed by atoms with E-state index in [9.17, 15) is 14.0 Å². The van der Waals surface area contributed by atoms with Crippen LogP contribution in [0.15, 0.2) is 24.3 Å². The molecule has 1 aromatic rings. The smallest absolute Gasteiger partial charge is 0.318 e. The van der Waals surface area contributed by atoms with Gasteiger partial charge in [-0.25, -0.2) is 9.18 Å². The van der Waals surface area contributed by atoms with Crippen molar-refractivity contribution >= 4 is 23.7 Å². The topological polar surface area (TPSA) is 72.2 Å². The Bertz CT molecular complexity index is 453. The third-order valence-electron chi connectivity index (χ3n) is 2.37. The van der Waals surface area contributed by atoms with E-state index in [-0.39, 0.29) is 11.1 Å². The number of carbonyl (C=O) groups excluding carboxylic acids is 2. The first-order valence-electron chi connectivity index (χ1n) is 5.42. The van der Waals surface area contributed by atoms with E-state index in [1.165, 1.54) is 17.8 Å². The van der Waals surface area contributed by atoms with Crippen molar-refractivity contribution in [1.29, 1.82) is 0 Å². The van der Waals surface area contributed by atoms with E-state index in [2.05, 4.69) is 0 Å². The van der Waals surface area contributed by atoms with Crippen molar-refractivity contribution in [2.24, 2.45) is 5.73 Å². The van der Waals surface area contributed by atoms with E-state index in [0.29, 0.717) is 5.56 Å². The van der Waals surface area contributed by atoms with Crippen LogP contribution >= 0.6 is 11.8 Å². The van der Waals surface area contributed by atoms with Crippen LogP contribution in [-0.4, -0.2) is 17.2 Å². The molecule has 4 nitrogen and oxygen atoms in total. The number of carbonyl (C=O) groups is 2. The number of imide groups is 1. The maximum atomic E-state index is 13.5. The van der Waals surface area contributed by atoms with Gasteiger partial charge in [0.2, 0.25) is 5.91 Å². The molecule has 0 aromatic heterocycles. The molecular formula is C12H15FN2O2S. The van der Waals surface area contributed by atoms with Crippen LogP contribution in [0.1, 0.15) is 24.7 Å². The third kappa shape index (κ3) is 4.03. The number of nitrogens with one attached hydrogen (secondary N) is 1. The van der Waals surface area contributed by atoms with E-state index >= 15 is 0 Å². The van der Waals surface area contributed by atoms with Gasteiger partial charge in [-0.15, -0.1) is 11.8 Å². The maximum Gasteiger partial charge on any atom is 0.318 e. The molecule has 0 unspecified atom stereocenters. The summed E-state index contributed by atoms with van der Waals surface area (Å²) >= 11 is 1.26. The Morgan fingerprint density at radius 3 is 2.50 bits per heavy atom. The normalized spacial score (nSPS) is 13.7. The summed E-state index contributed by atoms with van der Waals surface area (Å²) in [4.78, 5) is 22.0. The Morgan fingerprint density at radius 2 is 1.94 bits per heavy atom. The highest BCUT2D eigenvalue weighted by atomic mass is 32.2. The lowest BCUT2D eigenvalue weighted by atomic mass is 10.1. The van der Waals surface area contributed by atoms with E-state index < -0.39 is 17.2 Å². The van der Waals surface area contributed by atoms with E-state index in [1.54, 1.807) is 32.0 Å². The molecule has 0 heterocycles. The van der Waals surface area contributed by atoms with Crippen molar-refractivity contribution in [3.05, 3.63) is 35.6 Å². The van der Waals surface area contributed by atoms with Gasteiger partial charge in [-0.1, -0.05) is 18.2 Å². The molecule has 0 aliphatic carbocycles. The zero-order valence-electron chi connectivity index (χ0n) is 10.1. The Kier molecular flexibility index (Phi) is 5.15. The molecule has 3 N–H and O–H groups in total. The third-order valence-corrected chi connectivity index (χ3v) is 3.65. The number of hydrogen-bond donors (Lipinski definition) is 2. The molecule has 1 rings (SSSR count). The average Bonchev–Trinajstić information content (AvgIpc) is 2.28. The van der Waals surface area contributed by atoms with Gasteiger partial charge < -0.3 is 5.73 Å². The van der Waals surface area contributed by atoms with Crippen molar-refractivity contribution < 1.29 is 14.0 Å². The second-order valence-corrected chi connectivity index (χ2v) is 5.48. The van der Waals surface area contributed by atoms with Crippen LogP contribution in [0, 0.1) is 5.82 Å². The maximum absolute atomic E-state index is 13.5. The molecular weight excluding hydrogens is 255 g/mol. The summed E-state index contributed by atoms with van der Waals surface area (Å²) in [5, 5.41) is 1.31. The van der Waals surface area contributed by atoms with E-state index in [0.717, 1.165) is 0 Å². The highest BCUT2D eigenvalue weighted by Gasteiger charge is 2.20. The van der Waals surface area contributed by atoms with Gasteiger partial charge in [0.15, 0.2) is 0 Å². The molecule has 0 radical (unpaired) electrons. The minimum absolute atomic E-state index is 0.195. The Hall–Kier alpha value is -1.56. The molecule has 0 spiro atoms. The first-order chi connectivity index (χ1) is 8.41. The molecule has 6 heteroatoms. The van der Waals surface area contributed by atoms with Crippen LogP contribution < -0.4 is 11.1 Å². The monoisotopic (exact) mass is 270 g/mol. The summed E-state index contributed by atoms with van der Waals surface area (Å²) < 4.78 is 13.5. The molecule has 0 saturated carbocycles. The molecule has 3 amide bonds. The number of rotatable bonds is 4. The van der Waals surface area contributed by atoms with Crippen molar-refractivity contribution in [3.8, 4) is 0 Å². The number of thioether (sulfide) groups is 1. The van der Waals surface area contributed by atoms with Crippen LogP contribution in [0.4, 0.5) is 9.18 Å². The Morgan fingerprint density at radius 1 is 1.33 bits per heavy atom. The fraction of sp³-hybridized carbons (Fsp3) is 0.333. The Balaban J connectivity index is 2.65. The second-order valence-electron chi connectivity index (χ2n) is 3.80. The van der Waals surface area contributed by atoms with Gasteiger partial charge in [-0.3, -0.25) is 10.1 Å². The zero-order valence-corrected chi connectivity index (χ0v) is 11.0. The predicted octanol–water partition coefficient (Wildman–Crippen LogP) is 2.20. The number of nitrogens with two attached hydrogens (primary N) is 1. The van der Waals surface area contributed by atoms with E-state index in [1.807, 2.05) is 5.32 Å². The van der Waals surface area contributed by atoms with E-state index in [4.69, 9.17) is 5.73 Å². The Labute approximate surface area is 109 Å². The molecule has 18 heavy (non-hydrogen) atoms. The molecule has 0 bridgehead atoms. The van der Waals surface area contributed by atoms with Crippen LogP contribution in [-0.2, 0) is 4.79 Å². The van der Waals surface area contributed by atoms with Crippen molar-refractivity contribution in [3.63, 3.8) is 0 Å². The minimum atomic E-state index is -0.883. The second kappa shape index (κ2) is 6.39. The lowest BCUT2D eigenvalue weighted by Gasteiger charge is -2.16. The summed E-state index contributed by atoms with van der Waals surface area (Å²) in [5.41, 5.74) is 5.39. The van der Waals surface area contributed by atoms with Crippen LogP contribution in [0.25, 0.3) is 0 Å². The lowest BCUT2D eigenvalue weighted by molar-refractivity contribution is -0.119. The SMILES string of the molecule is C[C@H](S[C@@H](C)c1ccccc1F)C(=O)NC(N)=O. The highest BCUT2D eigenvalue weighted by molar-refractivity contribution is 8.00. The van der Waals surface area contributed by atoms with Crippen molar-refractivity contribution in [2.45, 2.75) is 24.3 Å². The highest BCUT2D eigenvalue weighted by Crippen LogP contribution is 2.32. The van der Waals surface area contributed by atoms with Crippen LogP contribution in [0.2, 0.25) is 0 Å². The van der Waals surface area contributed by atoms with Gasteiger partial charge in [0.1, 0.15) is 5.82 Å². The number of hydrogen-bond acceptors (Lipinski definition) is 3. The average molecular weight is 270 g/mol. The summed E-state index contributed by atoms with van der Waals surface area (Å²) in [6.45, 7) is 3.44. The summed E-state index contributed by atoms with van der Waals surface area (Å²) in [5.74, 6) is -0.782. The van der Waals surface area contributed by atoms with Gasteiger partial charge >= 0.3 is 6.03 Å². The zero-order chi connectivity index (χ0) is 13.7. The molecule has 0 fully saturated rings. The number of halogens is 1. The quantitative estimate of drug-likeness (QED) is 0.881. The largest absolute Gasteiger partial charge is 0.351 e. The number of benzene rings is 1. The minimum Gasteiger partial charge on any atom is -0.351 e. The van der Waals surface area contributed by atoms with Gasteiger partial charge in [-0.05, 0) is 19.9 Å². The van der Waals surface area contributed by atoms with Gasteiger partial charge in [0.25, 0.3) is 0 Å². The van der Waals surface area contributed by atoms with Crippen molar-refractivity contribution in [2.75, 3.05) is 0 Å². The summed E-state index contributed by atoms with van der Waals surface area (Å²) in [6, 6.07) is 5.51. The standard InChI is InChI=1S/C12H15FN2O2S/c1-7(9-5-3-4-6-10(9)13)18-8(2)11(16)15-12(14)17/h3-8H,1-2H3,(H3,14,15,16,17)/t7-,8-/m0/s1. The first kappa shape index (κ1) is 14.5.